The highest BCUT2D eigenvalue weighted by molar-refractivity contribution is 6.37. The van der Waals surface area contributed by atoms with Crippen LogP contribution in [-0.2, 0) is 14.4 Å². The summed E-state index contributed by atoms with van der Waals surface area (Å²) in [6, 6.07) is 17.5. The summed E-state index contributed by atoms with van der Waals surface area (Å²) in [6.07, 6.45) is 8.19. The lowest BCUT2D eigenvalue weighted by molar-refractivity contribution is -0.127. The zero-order valence-corrected chi connectivity index (χ0v) is 70.6. The fourth-order valence-corrected chi connectivity index (χ4v) is 17.5. The molecule has 3 saturated heterocycles. The molecule has 3 atom stereocenters. The van der Waals surface area contributed by atoms with Crippen molar-refractivity contribution in [3.05, 3.63) is 228 Å². The number of benzene rings is 3. The molecule has 18 rings (SSSR count). The van der Waals surface area contributed by atoms with Gasteiger partial charge in [0.2, 0.25) is 17.7 Å². The summed E-state index contributed by atoms with van der Waals surface area (Å²) in [7, 11) is 0. The second-order valence-electron chi connectivity index (χ2n) is 31.0. The predicted octanol–water partition coefficient (Wildman–Crippen LogP) is 12.2. The van der Waals surface area contributed by atoms with Crippen molar-refractivity contribution < 1.29 is 41.8 Å². The fourth-order valence-electron chi connectivity index (χ4n) is 16.6. The van der Waals surface area contributed by atoms with Crippen LogP contribution in [0.25, 0.3) is 83.9 Å². The normalized spacial score (nSPS) is 16.4. The Hall–Kier alpha value is -13.1. The lowest BCUT2D eigenvalue weighted by Gasteiger charge is -2.40. The molecule has 0 saturated carbocycles. The van der Waals surface area contributed by atoms with Crippen molar-refractivity contribution in [1.82, 2.24) is 88.2 Å². The molecule has 0 N–H and O–H groups in total. The van der Waals surface area contributed by atoms with E-state index < -0.39 is 34.5 Å². The molecule has 3 amide bonds. The highest BCUT2D eigenvalue weighted by Crippen LogP contribution is 2.50. The number of ether oxygens (including phenoxy) is 3. The first-order valence-electron chi connectivity index (χ1n) is 39.7. The molecule has 36 heteroatoms. The van der Waals surface area contributed by atoms with Crippen molar-refractivity contribution in [2.45, 2.75) is 98.2 Å². The highest BCUT2D eigenvalue weighted by Gasteiger charge is 2.43. The Morgan fingerprint density at radius 2 is 0.667 bits per heavy atom. The monoisotopic (exact) mass is 1730 g/mol. The largest absolute Gasteiger partial charge is 0.489 e. The van der Waals surface area contributed by atoms with Gasteiger partial charge in [-0.1, -0.05) is 132 Å². The van der Waals surface area contributed by atoms with E-state index in [9.17, 15) is 28.8 Å². The molecule has 30 nitrogen and oxygen atoms in total. The van der Waals surface area contributed by atoms with Crippen molar-refractivity contribution in [2.24, 2.45) is 0 Å². The zero-order chi connectivity index (χ0) is 87.0. The number of aromatic nitrogens is 15. The number of amides is 3. The van der Waals surface area contributed by atoms with Gasteiger partial charge in [-0.25, -0.2) is 86.1 Å². The van der Waals surface area contributed by atoms with Crippen LogP contribution in [0.3, 0.4) is 0 Å². The van der Waals surface area contributed by atoms with E-state index in [2.05, 4.69) is 64.6 Å². The molecule has 0 bridgehead atoms. The Bertz CT molecular complexity index is 5990. The van der Waals surface area contributed by atoms with Crippen LogP contribution < -0.4 is 46.0 Å². The van der Waals surface area contributed by atoms with Crippen LogP contribution in [0, 0.1) is 38.2 Å². The Balaban J connectivity index is 0.000000137. The molecule has 3 aromatic carbocycles. The SMILES string of the molecule is C=CC(=O)N1CCN2c3nc(=O)n(-c4c(C)ncnc4C(C)C)c4nc(-c5ccccc5F)c(Cl)c(c34)OC[C@H]2C1.C=CC(=O)N1CCN2c3nc(=O)n(-c4c(C)ncnc4C(C)C)c4nc(-c5ccccc5F)c(Cl)c(c34)OC[C@H]2C1.C=CC(=O)N1CCN2c3nc(=O)n(-c4c(C)ncnc4C(C)C)c4nc(-c5ccccc5F)c(Cl)c(c34)OC[C@H]2C1. The summed E-state index contributed by atoms with van der Waals surface area (Å²) < 4.78 is 68.4. The maximum absolute atomic E-state index is 15.1. The van der Waals surface area contributed by atoms with Gasteiger partial charge in [0.05, 0.1) is 86.4 Å². The number of anilines is 3. The molecule has 15 heterocycles. The molecular formula is C87H81Cl3F3N21O9. The van der Waals surface area contributed by atoms with Gasteiger partial charge in [0.1, 0.15) is 105 Å². The number of rotatable bonds is 12. The van der Waals surface area contributed by atoms with Crippen LogP contribution in [0.1, 0.15) is 93.5 Å². The zero-order valence-electron chi connectivity index (χ0n) is 68.3. The molecule has 6 aliphatic heterocycles. The summed E-state index contributed by atoms with van der Waals surface area (Å²) in [5.41, 5.74) is 4.56. The van der Waals surface area contributed by atoms with Gasteiger partial charge in [0.25, 0.3) is 0 Å². The minimum atomic E-state index is -0.599. The topological polar surface area (TPSA) is 319 Å². The second-order valence-corrected chi connectivity index (χ2v) is 32.1. The van der Waals surface area contributed by atoms with Gasteiger partial charge in [-0.15, -0.1) is 0 Å². The molecule has 0 unspecified atom stereocenters. The van der Waals surface area contributed by atoms with Crippen molar-refractivity contribution >= 4 is 103 Å². The molecule has 12 aromatic rings. The number of carbonyl (C=O) groups is 3. The molecule has 123 heavy (non-hydrogen) atoms. The maximum Gasteiger partial charge on any atom is 0.355 e. The smallest absolute Gasteiger partial charge is 0.355 e. The molecule has 630 valence electrons. The van der Waals surface area contributed by atoms with E-state index in [1.165, 1.54) is 69.1 Å². The lowest BCUT2D eigenvalue weighted by Crippen LogP contribution is -2.56. The van der Waals surface area contributed by atoms with Gasteiger partial charge in [-0.3, -0.25) is 14.4 Å². The molecule has 6 aliphatic rings. The number of aryl methyl sites for hydroxylation is 3. The van der Waals surface area contributed by atoms with Gasteiger partial charge >= 0.3 is 17.1 Å². The Morgan fingerprint density at radius 3 is 0.911 bits per heavy atom. The number of nitrogens with zero attached hydrogens (tertiary/aromatic N) is 21. The fraction of sp³-hybridized carbons (Fsp3) is 0.310. The van der Waals surface area contributed by atoms with Gasteiger partial charge in [-0.2, -0.15) is 15.0 Å². The molecular weight excluding hydrogens is 1650 g/mol. The first kappa shape index (κ1) is 83.5. The molecule has 0 aliphatic carbocycles. The summed E-state index contributed by atoms with van der Waals surface area (Å²) >= 11 is 20.8. The van der Waals surface area contributed by atoms with E-state index in [1.807, 2.05) is 56.2 Å². The molecule has 9 aromatic heterocycles. The van der Waals surface area contributed by atoms with Crippen LogP contribution in [0.5, 0.6) is 17.2 Å². The van der Waals surface area contributed by atoms with Gasteiger partial charge in [0.15, 0.2) is 34.2 Å². The maximum atomic E-state index is 15.1. The van der Waals surface area contributed by atoms with E-state index in [0.29, 0.717) is 144 Å². The van der Waals surface area contributed by atoms with Gasteiger partial charge < -0.3 is 43.6 Å². The van der Waals surface area contributed by atoms with Crippen LogP contribution in [0.4, 0.5) is 30.6 Å². The minimum Gasteiger partial charge on any atom is -0.489 e. The van der Waals surface area contributed by atoms with E-state index in [-0.39, 0.29) is 156 Å². The Labute approximate surface area is 716 Å². The third-order valence-corrected chi connectivity index (χ3v) is 23.5. The number of pyridine rings is 3. The molecule has 3 fully saturated rings. The van der Waals surface area contributed by atoms with E-state index in [4.69, 9.17) is 64.0 Å². The van der Waals surface area contributed by atoms with Crippen molar-refractivity contribution in [1.29, 1.82) is 0 Å². The highest BCUT2D eigenvalue weighted by atomic mass is 35.5. The number of fused-ring (bicyclic) bond motifs is 6. The summed E-state index contributed by atoms with van der Waals surface area (Å²) in [5, 5.41) is 1.54. The molecule has 0 spiro atoms. The van der Waals surface area contributed by atoms with Crippen LogP contribution in [-0.4, -0.2) is 203 Å². The number of hydrogen-bond acceptors (Lipinski definition) is 24. The van der Waals surface area contributed by atoms with E-state index >= 15 is 13.2 Å². The predicted molar refractivity (Wildman–Crippen MR) is 460 cm³/mol. The first-order valence-corrected chi connectivity index (χ1v) is 40.9. The minimum absolute atomic E-state index is 0.0575. The number of hydrogen-bond donors (Lipinski definition) is 0. The lowest BCUT2D eigenvalue weighted by atomic mass is 10.1. The van der Waals surface area contributed by atoms with E-state index in [1.54, 1.807) is 90.1 Å². The van der Waals surface area contributed by atoms with Gasteiger partial charge in [-0.05, 0) is 93.2 Å². The van der Waals surface area contributed by atoms with Crippen LogP contribution >= 0.6 is 34.8 Å². The van der Waals surface area contributed by atoms with Gasteiger partial charge in [0, 0.05) is 75.6 Å². The summed E-state index contributed by atoms with van der Waals surface area (Å²) in [6.45, 7) is 31.8. The van der Waals surface area contributed by atoms with Crippen molar-refractivity contribution in [2.75, 3.05) is 93.4 Å². The summed E-state index contributed by atoms with van der Waals surface area (Å²) in [4.78, 5) is 145. The quantitative estimate of drug-likeness (QED) is 0.103. The third kappa shape index (κ3) is 14.8. The number of carbonyl (C=O) groups excluding carboxylic acids is 3. The Kier molecular flexibility index (Phi) is 22.9. The average molecular weight is 1730 g/mol. The molecule has 0 radical (unpaired) electrons. The van der Waals surface area contributed by atoms with Crippen molar-refractivity contribution in [3.8, 4) is 68.1 Å². The number of piperazine rings is 3. The first-order chi connectivity index (χ1) is 59.1. The van der Waals surface area contributed by atoms with Crippen molar-refractivity contribution in [3.63, 3.8) is 0 Å². The third-order valence-electron chi connectivity index (χ3n) is 22.5. The van der Waals surface area contributed by atoms with Crippen LogP contribution in [0.2, 0.25) is 15.1 Å². The average Bonchev–Trinajstić information content (AvgIpc) is 1.72. The summed E-state index contributed by atoms with van der Waals surface area (Å²) in [5.74, 6) is -0.567. The van der Waals surface area contributed by atoms with E-state index in [0.717, 1.165) is 0 Å². The standard InChI is InChI=1S/3C29H27ClFN7O3/c3*1-5-20(39)36-10-11-37-17(12-36)13-41-26-21-27(37)35-29(40)38(25-16(4)32-14-33-23(25)15(2)3)28(21)34-24(22(26)30)18-8-6-7-9-19(18)31/h3*5-9,14-15,17H,1,10-13H2,2-4H3/t3*17-/m111/s1. The number of halogens is 6. The van der Waals surface area contributed by atoms with Crippen LogP contribution in [0.15, 0.2) is 144 Å². The Morgan fingerprint density at radius 1 is 0.407 bits per heavy atom. The second kappa shape index (κ2) is 33.7.